The summed E-state index contributed by atoms with van der Waals surface area (Å²) >= 11 is 0. The molecule has 51 heavy (non-hydrogen) atoms. The van der Waals surface area contributed by atoms with E-state index in [0.29, 0.717) is 44.9 Å². The highest BCUT2D eigenvalue weighted by molar-refractivity contribution is 5.64. The van der Waals surface area contributed by atoms with Gasteiger partial charge in [-0.2, -0.15) is 0 Å². The molecule has 6 aliphatic rings. The molecule has 3 heterocycles. The number of aliphatic hydroxyl groups is 8. The lowest BCUT2D eigenvalue weighted by atomic mass is 9.41. The Bertz CT molecular complexity index is 1470. The van der Waals surface area contributed by atoms with Gasteiger partial charge in [0.25, 0.3) is 0 Å². The fraction of sp³-hybridized carbons (Fsp3) is 0.833. The summed E-state index contributed by atoms with van der Waals surface area (Å²) in [6.45, 7) is 2.98. The van der Waals surface area contributed by atoms with E-state index in [1.807, 2.05) is 0 Å². The minimum atomic E-state index is -1.72. The van der Waals surface area contributed by atoms with Gasteiger partial charge in [-0.3, -0.25) is 0 Å². The van der Waals surface area contributed by atoms with Crippen LogP contribution in [0.1, 0.15) is 83.1 Å². The summed E-state index contributed by atoms with van der Waals surface area (Å²) in [6.07, 6.45) is -8.77. The maximum atomic E-state index is 13.2. The fourth-order valence-electron chi connectivity index (χ4n) is 11.2. The predicted octanol–water partition coefficient (Wildman–Crippen LogP) is -0.788. The first kappa shape index (κ1) is 37.5. The molecule has 15 heteroatoms. The van der Waals surface area contributed by atoms with E-state index in [2.05, 4.69) is 6.92 Å². The Kier molecular flexibility index (Phi) is 9.89. The highest BCUT2D eigenvalue weighted by Crippen LogP contribution is 2.71. The maximum absolute atomic E-state index is 13.2. The van der Waals surface area contributed by atoms with E-state index in [1.54, 1.807) is 13.0 Å². The third-order valence-electron chi connectivity index (χ3n) is 14.1. The summed E-state index contributed by atoms with van der Waals surface area (Å²) in [6, 6.07) is 3.17. The van der Waals surface area contributed by atoms with Gasteiger partial charge in [-0.05, 0) is 87.7 Å². The summed E-state index contributed by atoms with van der Waals surface area (Å²) < 4.78 is 28.4. The van der Waals surface area contributed by atoms with Crippen LogP contribution >= 0.6 is 0 Å². The normalized spacial score (nSPS) is 52.7. The van der Waals surface area contributed by atoms with E-state index in [-0.39, 0.29) is 30.6 Å². The summed E-state index contributed by atoms with van der Waals surface area (Å²) in [5.41, 5.74) is -3.71. The standard InChI is InChI=1S/C36H52O15/c1-17-30(51-32-28(43)26(41)25(40)23(14-37)50-32)27(42)29(44)31(48-17)49-19-5-10-34(16-38)21-6-9-33(2)20(18-3-4-24(39)47-15-18)8-12-36(33,46)22(21)7-11-35(34,45)13-19/h3-4,15-17,19-23,25-32,37,40-46H,5-14H2,1-2H3/t17-,19-,20?,21?,22?,23+,25+,26-,27-,28+,29+,30-,31-,32-,33+,34-,35-,36-/m0/s1. The fourth-order valence-corrected chi connectivity index (χ4v) is 11.2. The van der Waals surface area contributed by atoms with Gasteiger partial charge in [-0.25, -0.2) is 4.79 Å². The van der Waals surface area contributed by atoms with Crippen molar-refractivity contribution in [2.75, 3.05) is 6.61 Å². The van der Waals surface area contributed by atoms with Crippen molar-refractivity contribution in [3.05, 3.63) is 34.4 Å². The quantitative estimate of drug-likeness (QED) is 0.127. The molecule has 6 fully saturated rings. The maximum Gasteiger partial charge on any atom is 0.335 e. The summed E-state index contributed by atoms with van der Waals surface area (Å²) in [5, 5.41) is 87.1. The first-order chi connectivity index (χ1) is 24.1. The molecule has 2 aliphatic heterocycles. The zero-order valence-corrected chi connectivity index (χ0v) is 28.9. The van der Waals surface area contributed by atoms with Crippen molar-refractivity contribution >= 4 is 6.29 Å². The van der Waals surface area contributed by atoms with Crippen molar-refractivity contribution < 1.29 is 69.0 Å². The van der Waals surface area contributed by atoms with Gasteiger partial charge in [-0.1, -0.05) is 6.92 Å². The molecule has 4 aliphatic carbocycles. The van der Waals surface area contributed by atoms with Crippen LogP contribution in [0.15, 0.2) is 27.6 Å². The van der Waals surface area contributed by atoms with Gasteiger partial charge < -0.3 is 69.0 Å². The minimum absolute atomic E-state index is 0.0215. The Morgan fingerprint density at radius 3 is 2.24 bits per heavy atom. The average molecular weight is 725 g/mol. The molecule has 1 aromatic heterocycles. The number of carbonyl (C=O) groups excluding carboxylic acids is 1. The molecule has 18 atom stereocenters. The van der Waals surface area contributed by atoms with Crippen molar-refractivity contribution in [3.8, 4) is 0 Å². The van der Waals surface area contributed by atoms with E-state index in [9.17, 15) is 50.4 Å². The highest BCUT2D eigenvalue weighted by Gasteiger charge is 2.71. The zero-order valence-electron chi connectivity index (χ0n) is 28.9. The van der Waals surface area contributed by atoms with E-state index in [0.717, 1.165) is 11.8 Å². The zero-order chi connectivity index (χ0) is 36.7. The number of rotatable bonds is 7. The van der Waals surface area contributed by atoms with Gasteiger partial charge in [0.2, 0.25) is 0 Å². The number of aliphatic hydroxyl groups excluding tert-OH is 6. The van der Waals surface area contributed by atoms with Crippen LogP contribution in [0.5, 0.6) is 0 Å². The first-order valence-electron chi connectivity index (χ1n) is 18.3. The van der Waals surface area contributed by atoms with Crippen LogP contribution in [-0.4, -0.2) is 132 Å². The number of fused-ring (bicyclic) bond motifs is 5. The molecule has 2 saturated heterocycles. The van der Waals surface area contributed by atoms with Crippen LogP contribution in [0.3, 0.4) is 0 Å². The molecule has 0 aromatic carbocycles. The molecule has 15 nitrogen and oxygen atoms in total. The Balaban J connectivity index is 1.03. The van der Waals surface area contributed by atoms with Gasteiger partial charge in [-0.15, -0.1) is 0 Å². The molecule has 1 aromatic rings. The summed E-state index contributed by atoms with van der Waals surface area (Å²) in [4.78, 5) is 24.8. The van der Waals surface area contributed by atoms with Gasteiger partial charge in [0.15, 0.2) is 12.6 Å². The molecule has 0 bridgehead atoms. The van der Waals surface area contributed by atoms with Gasteiger partial charge in [0.05, 0.1) is 41.7 Å². The second kappa shape index (κ2) is 13.5. The van der Waals surface area contributed by atoms with E-state index < -0.39 is 102 Å². The number of carbonyl (C=O) groups is 1. The summed E-state index contributed by atoms with van der Waals surface area (Å²) in [5.74, 6) is -0.509. The second-order valence-electron chi connectivity index (χ2n) is 16.3. The first-order valence-corrected chi connectivity index (χ1v) is 18.3. The van der Waals surface area contributed by atoms with Crippen LogP contribution in [0.4, 0.5) is 0 Å². The Hall–Kier alpha value is -1.86. The Morgan fingerprint density at radius 1 is 0.843 bits per heavy atom. The number of hydrogen-bond acceptors (Lipinski definition) is 15. The molecule has 8 N–H and O–H groups in total. The van der Waals surface area contributed by atoms with Gasteiger partial charge in [0, 0.05) is 17.9 Å². The van der Waals surface area contributed by atoms with Crippen LogP contribution < -0.4 is 5.63 Å². The van der Waals surface area contributed by atoms with E-state index in [4.69, 9.17) is 23.4 Å². The van der Waals surface area contributed by atoms with Crippen molar-refractivity contribution in [2.24, 2.45) is 22.7 Å². The molecule has 4 saturated carbocycles. The lowest BCUT2D eigenvalue weighted by Crippen LogP contribution is -2.69. The molecule has 286 valence electrons. The molecule has 0 radical (unpaired) electrons. The third-order valence-corrected chi connectivity index (χ3v) is 14.1. The van der Waals surface area contributed by atoms with Crippen LogP contribution in [0.25, 0.3) is 0 Å². The molecule has 0 spiro atoms. The van der Waals surface area contributed by atoms with Crippen LogP contribution in [0, 0.1) is 22.7 Å². The third kappa shape index (κ3) is 5.70. The topological polar surface area (TPSA) is 246 Å². The molecule has 0 amide bonds. The van der Waals surface area contributed by atoms with Crippen molar-refractivity contribution in [2.45, 2.75) is 156 Å². The van der Waals surface area contributed by atoms with Crippen LogP contribution in [0.2, 0.25) is 0 Å². The molecular formula is C36H52O15. The van der Waals surface area contributed by atoms with E-state index >= 15 is 0 Å². The number of aldehydes is 1. The van der Waals surface area contributed by atoms with E-state index in [1.165, 1.54) is 12.3 Å². The minimum Gasteiger partial charge on any atom is -0.431 e. The lowest BCUT2D eigenvalue weighted by Gasteiger charge is -2.65. The van der Waals surface area contributed by atoms with Crippen molar-refractivity contribution in [1.82, 2.24) is 0 Å². The Labute approximate surface area is 295 Å². The number of hydrogen-bond donors (Lipinski definition) is 8. The van der Waals surface area contributed by atoms with Crippen molar-refractivity contribution in [3.63, 3.8) is 0 Å². The molecule has 3 unspecified atom stereocenters. The van der Waals surface area contributed by atoms with Crippen molar-refractivity contribution in [1.29, 1.82) is 0 Å². The van der Waals surface area contributed by atoms with Gasteiger partial charge >= 0.3 is 5.63 Å². The second-order valence-corrected chi connectivity index (χ2v) is 16.3. The molecule has 7 rings (SSSR count). The predicted molar refractivity (Wildman–Crippen MR) is 173 cm³/mol. The Morgan fingerprint density at radius 2 is 1.55 bits per heavy atom. The molecular weight excluding hydrogens is 672 g/mol. The number of ether oxygens (including phenoxy) is 4. The van der Waals surface area contributed by atoms with Crippen LogP contribution in [-0.2, 0) is 23.7 Å². The largest absolute Gasteiger partial charge is 0.431 e. The average Bonchev–Trinajstić information content (AvgIpc) is 3.39. The van der Waals surface area contributed by atoms with Gasteiger partial charge in [0.1, 0.15) is 49.0 Å². The summed E-state index contributed by atoms with van der Waals surface area (Å²) in [7, 11) is 0. The lowest BCUT2D eigenvalue weighted by molar-refractivity contribution is -0.361. The monoisotopic (exact) mass is 724 g/mol. The SMILES string of the molecule is C[C@@H]1O[C@@H](O[C@H]2CC[C@]3(C=O)C4CC[C@]5(C)C(c6ccc(=O)oc6)CC[C@]5(O)C4CC[C@]3(O)C2)[C@H](O)[C@H](O)[C@H]1O[C@@H]1O[C@H](CO)[C@@H](O)[C@H](O)[C@H]1O. The smallest absolute Gasteiger partial charge is 0.335 e. The highest BCUT2D eigenvalue weighted by atomic mass is 16.7.